The smallest absolute Gasteiger partial charge is 0.0779 e. The summed E-state index contributed by atoms with van der Waals surface area (Å²) in [4.78, 5) is 0. The predicted octanol–water partition coefficient (Wildman–Crippen LogP) is 5.02. The van der Waals surface area contributed by atoms with Crippen LogP contribution < -0.4 is 5.32 Å². The molecule has 1 N–H and O–H groups in total. The second-order valence-electron chi connectivity index (χ2n) is 3.95. The Morgan fingerprint density at radius 1 is 1.18 bits per heavy atom. The van der Waals surface area contributed by atoms with E-state index in [0.29, 0.717) is 0 Å². The van der Waals surface area contributed by atoms with E-state index in [1.165, 1.54) is 11.1 Å². The van der Waals surface area contributed by atoms with Crippen molar-refractivity contribution in [3.8, 4) is 0 Å². The summed E-state index contributed by atoms with van der Waals surface area (Å²) in [6.45, 7) is 2.82. The van der Waals surface area contributed by atoms with Crippen molar-refractivity contribution in [2.45, 2.75) is 13.5 Å². The zero-order valence-corrected chi connectivity index (χ0v) is 11.8. The Labute approximate surface area is 115 Å². The number of halogens is 2. The van der Waals surface area contributed by atoms with E-state index in [2.05, 4.69) is 46.4 Å². The molecule has 0 amide bonds. The van der Waals surface area contributed by atoms with Gasteiger partial charge in [0, 0.05) is 11.0 Å². The first-order valence-electron chi connectivity index (χ1n) is 5.40. The van der Waals surface area contributed by atoms with E-state index in [4.69, 9.17) is 11.6 Å². The van der Waals surface area contributed by atoms with Gasteiger partial charge in [0.15, 0.2) is 0 Å². The molecule has 0 saturated heterocycles. The van der Waals surface area contributed by atoms with Crippen molar-refractivity contribution in [1.82, 2.24) is 0 Å². The molecule has 3 heteroatoms. The topological polar surface area (TPSA) is 12.0 Å². The minimum atomic E-state index is 0.728. The highest BCUT2D eigenvalue weighted by molar-refractivity contribution is 9.10. The molecule has 17 heavy (non-hydrogen) atoms. The SMILES string of the molecule is Cc1cc(Br)c(Cl)c(NCc2ccccc2)c1. The lowest BCUT2D eigenvalue weighted by Gasteiger charge is -2.11. The molecular formula is C14H13BrClN. The molecule has 0 saturated carbocycles. The number of aryl methyl sites for hydroxylation is 1. The summed E-state index contributed by atoms with van der Waals surface area (Å²) in [6.07, 6.45) is 0. The van der Waals surface area contributed by atoms with Gasteiger partial charge in [0.25, 0.3) is 0 Å². The monoisotopic (exact) mass is 309 g/mol. The van der Waals surface area contributed by atoms with Crippen LogP contribution in [0, 0.1) is 6.92 Å². The molecule has 2 rings (SSSR count). The van der Waals surface area contributed by atoms with Gasteiger partial charge in [-0.15, -0.1) is 0 Å². The van der Waals surface area contributed by atoms with E-state index < -0.39 is 0 Å². The van der Waals surface area contributed by atoms with Crippen LogP contribution in [0.1, 0.15) is 11.1 Å². The van der Waals surface area contributed by atoms with E-state index in [1.54, 1.807) is 0 Å². The average molecular weight is 311 g/mol. The Morgan fingerprint density at radius 3 is 2.59 bits per heavy atom. The molecule has 0 fully saturated rings. The summed E-state index contributed by atoms with van der Waals surface area (Å²) in [5.41, 5.74) is 3.38. The number of hydrogen-bond donors (Lipinski definition) is 1. The molecule has 0 bridgehead atoms. The average Bonchev–Trinajstić information content (AvgIpc) is 2.33. The fraction of sp³-hybridized carbons (Fsp3) is 0.143. The predicted molar refractivity (Wildman–Crippen MR) is 77.7 cm³/mol. The third-order valence-electron chi connectivity index (χ3n) is 2.50. The van der Waals surface area contributed by atoms with Gasteiger partial charge in [0.1, 0.15) is 0 Å². The summed E-state index contributed by atoms with van der Waals surface area (Å²) < 4.78 is 0.926. The number of nitrogens with one attached hydrogen (secondary N) is 1. The first-order valence-corrected chi connectivity index (χ1v) is 6.57. The molecule has 0 aliphatic carbocycles. The third-order valence-corrected chi connectivity index (χ3v) is 3.76. The first-order chi connectivity index (χ1) is 8.16. The van der Waals surface area contributed by atoms with Crippen LogP contribution in [0.4, 0.5) is 5.69 Å². The Hall–Kier alpha value is -0.990. The van der Waals surface area contributed by atoms with Crippen LogP contribution in [0.3, 0.4) is 0 Å². The van der Waals surface area contributed by atoms with Gasteiger partial charge in [-0.1, -0.05) is 41.9 Å². The van der Waals surface area contributed by atoms with Crippen molar-refractivity contribution in [3.63, 3.8) is 0 Å². The Morgan fingerprint density at radius 2 is 1.88 bits per heavy atom. The van der Waals surface area contributed by atoms with Crippen LogP contribution in [0.25, 0.3) is 0 Å². The molecule has 0 unspecified atom stereocenters. The molecule has 1 nitrogen and oxygen atoms in total. The lowest BCUT2D eigenvalue weighted by molar-refractivity contribution is 1.15. The Kier molecular flexibility index (Phi) is 4.08. The van der Waals surface area contributed by atoms with Crippen LogP contribution in [-0.4, -0.2) is 0 Å². The van der Waals surface area contributed by atoms with Gasteiger partial charge in [0.05, 0.1) is 10.7 Å². The van der Waals surface area contributed by atoms with E-state index in [0.717, 1.165) is 21.7 Å². The maximum atomic E-state index is 6.22. The quantitative estimate of drug-likeness (QED) is 0.839. The van der Waals surface area contributed by atoms with E-state index >= 15 is 0 Å². The van der Waals surface area contributed by atoms with Gasteiger partial charge in [-0.25, -0.2) is 0 Å². The number of rotatable bonds is 3. The first kappa shape index (κ1) is 12.5. The van der Waals surface area contributed by atoms with E-state index in [9.17, 15) is 0 Å². The Balaban J connectivity index is 2.14. The molecule has 0 spiro atoms. The van der Waals surface area contributed by atoms with Crippen LogP contribution in [0.2, 0.25) is 5.02 Å². The van der Waals surface area contributed by atoms with Gasteiger partial charge >= 0.3 is 0 Å². The zero-order chi connectivity index (χ0) is 12.3. The van der Waals surface area contributed by atoms with Crippen molar-refractivity contribution in [2.75, 3.05) is 5.32 Å². The summed E-state index contributed by atoms with van der Waals surface area (Å²) >= 11 is 9.67. The number of anilines is 1. The lowest BCUT2D eigenvalue weighted by atomic mass is 10.2. The van der Waals surface area contributed by atoms with Crippen LogP contribution >= 0.6 is 27.5 Å². The molecule has 0 aliphatic heterocycles. The summed E-state index contributed by atoms with van der Waals surface area (Å²) in [6, 6.07) is 14.3. The largest absolute Gasteiger partial charge is 0.380 e. The molecule has 88 valence electrons. The lowest BCUT2D eigenvalue weighted by Crippen LogP contribution is -2.00. The third kappa shape index (κ3) is 3.24. The molecule has 0 aliphatic rings. The summed E-state index contributed by atoms with van der Waals surface area (Å²) in [7, 11) is 0. The standard InChI is InChI=1S/C14H13BrClN/c1-10-7-12(15)14(16)13(8-10)17-9-11-5-3-2-4-6-11/h2-8,17H,9H2,1H3. The number of benzene rings is 2. The molecule has 0 heterocycles. The van der Waals surface area contributed by atoms with Crippen molar-refractivity contribution >= 4 is 33.2 Å². The van der Waals surface area contributed by atoms with Crippen LogP contribution in [0.5, 0.6) is 0 Å². The maximum absolute atomic E-state index is 6.22. The number of hydrogen-bond acceptors (Lipinski definition) is 1. The fourth-order valence-corrected chi connectivity index (χ4v) is 2.40. The summed E-state index contributed by atoms with van der Waals surface area (Å²) in [5, 5.41) is 4.08. The molecular weight excluding hydrogens is 298 g/mol. The minimum Gasteiger partial charge on any atom is -0.380 e. The van der Waals surface area contributed by atoms with Gasteiger partial charge < -0.3 is 5.32 Å². The summed E-state index contributed by atoms with van der Waals surface area (Å²) in [5.74, 6) is 0. The molecule has 0 atom stereocenters. The fourth-order valence-electron chi connectivity index (χ4n) is 1.65. The van der Waals surface area contributed by atoms with Crippen molar-refractivity contribution < 1.29 is 0 Å². The molecule has 2 aromatic rings. The van der Waals surface area contributed by atoms with Gasteiger partial charge in [-0.05, 0) is 46.1 Å². The Bertz CT molecular complexity index is 511. The van der Waals surface area contributed by atoms with Gasteiger partial charge in [0.2, 0.25) is 0 Å². The van der Waals surface area contributed by atoms with Gasteiger partial charge in [-0.2, -0.15) is 0 Å². The van der Waals surface area contributed by atoms with E-state index in [-0.39, 0.29) is 0 Å². The molecule has 2 aromatic carbocycles. The van der Waals surface area contributed by atoms with Crippen LogP contribution in [0.15, 0.2) is 46.9 Å². The normalized spacial score (nSPS) is 10.3. The van der Waals surface area contributed by atoms with E-state index in [1.807, 2.05) is 24.3 Å². The highest BCUT2D eigenvalue weighted by atomic mass is 79.9. The van der Waals surface area contributed by atoms with Crippen molar-refractivity contribution in [1.29, 1.82) is 0 Å². The second-order valence-corrected chi connectivity index (χ2v) is 5.18. The minimum absolute atomic E-state index is 0.728. The highest BCUT2D eigenvalue weighted by Gasteiger charge is 2.05. The highest BCUT2D eigenvalue weighted by Crippen LogP contribution is 2.31. The van der Waals surface area contributed by atoms with Crippen molar-refractivity contribution in [2.24, 2.45) is 0 Å². The maximum Gasteiger partial charge on any atom is 0.0779 e. The second kappa shape index (κ2) is 5.56. The zero-order valence-electron chi connectivity index (χ0n) is 9.50. The molecule has 0 aromatic heterocycles. The van der Waals surface area contributed by atoms with Crippen molar-refractivity contribution in [3.05, 3.63) is 63.1 Å². The van der Waals surface area contributed by atoms with Crippen LogP contribution in [-0.2, 0) is 6.54 Å². The van der Waals surface area contributed by atoms with Gasteiger partial charge in [-0.3, -0.25) is 0 Å². The molecule has 0 radical (unpaired) electrons.